The summed E-state index contributed by atoms with van der Waals surface area (Å²) in [6.07, 6.45) is 1.05. The van der Waals surface area contributed by atoms with Crippen LogP contribution in [0.1, 0.15) is 6.92 Å². The van der Waals surface area contributed by atoms with Crippen LogP contribution in [0.15, 0.2) is 24.3 Å². The molecule has 0 saturated carbocycles. The van der Waals surface area contributed by atoms with E-state index in [1.165, 1.54) is 0 Å². The van der Waals surface area contributed by atoms with Gasteiger partial charge >= 0.3 is 0 Å². The van der Waals surface area contributed by atoms with Gasteiger partial charge < -0.3 is 15.4 Å². The van der Waals surface area contributed by atoms with Crippen LogP contribution < -0.4 is 15.4 Å². The molecule has 0 radical (unpaired) electrons. The molecular formula is C13H19N3O4S. The highest BCUT2D eigenvalue weighted by Gasteiger charge is 2.33. The molecule has 1 aliphatic rings. The lowest BCUT2D eigenvalue weighted by Crippen LogP contribution is -2.59. The third-order valence-corrected chi connectivity index (χ3v) is 3.64. The monoisotopic (exact) mass is 313 g/mol. The van der Waals surface area contributed by atoms with Crippen LogP contribution in [-0.2, 0) is 19.6 Å². The quantitative estimate of drug-likeness (QED) is 0.705. The Bertz CT molecular complexity index is 626. The molecule has 1 aromatic carbocycles. The van der Waals surface area contributed by atoms with Crippen molar-refractivity contribution in [3.63, 3.8) is 0 Å². The van der Waals surface area contributed by atoms with Crippen molar-refractivity contribution in [2.75, 3.05) is 36.0 Å². The molecule has 3 N–H and O–H groups in total. The van der Waals surface area contributed by atoms with Crippen molar-refractivity contribution in [3.05, 3.63) is 24.3 Å². The Balaban J connectivity index is 1.97. The lowest BCUT2D eigenvalue weighted by molar-refractivity contribution is -0.130. The van der Waals surface area contributed by atoms with Crippen LogP contribution >= 0.6 is 0 Å². The highest BCUT2D eigenvalue weighted by atomic mass is 32.2. The molecule has 0 unspecified atom stereocenters. The Labute approximate surface area is 124 Å². The third kappa shape index (κ3) is 4.69. The fraction of sp³-hybridized carbons (Fsp3) is 0.462. The molecule has 0 bridgehead atoms. The van der Waals surface area contributed by atoms with E-state index in [9.17, 15) is 13.2 Å². The zero-order valence-electron chi connectivity index (χ0n) is 12.0. The maximum Gasteiger partial charge on any atom is 0.250 e. The third-order valence-electron chi connectivity index (χ3n) is 3.05. The molecule has 0 aromatic heterocycles. The van der Waals surface area contributed by atoms with E-state index in [2.05, 4.69) is 15.4 Å². The second-order valence-corrected chi connectivity index (χ2v) is 7.06. The van der Waals surface area contributed by atoms with E-state index in [0.717, 1.165) is 6.26 Å². The minimum absolute atomic E-state index is 0.0780. The van der Waals surface area contributed by atoms with Gasteiger partial charge in [0.1, 0.15) is 6.61 Å². The molecule has 1 heterocycles. The van der Waals surface area contributed by atoms with Crippen LogP contribution in [0.25, 0.3) is 0 Å². The molecule has 1 aromatic rings. The van der Waals surface area contributed by atoms with Crippen LogP contribution in [0.4, 0.5) is 11.4 Å². The number of amides is 1. The van der Waals surface area contributed by atoms with Gasteiger partial charge in [0.25, 0.3) is 0 Å². The van der Waals surface area contributed by atoms with Gasteiger partial charge in [-0.05, 0) is 19.1 Å². The Morgan fingerprint density at radius 2 is 1.95 bits per heavy atom. The summed E-state index contributed by atoms with van der Waals surface area (Å²) in [6, 6.07) is 6.59. The first-order valence-electron chi connectivity index (χ1n) is 6.49. The summed E-state index contributed by atoms with van der Waals surface area (Å²) in [4.78, 5) is 11.9. The number of rotatable bonds is 6. The molecule has 1 saturated heterocycles. The summed E-state index contributed by atoms with van der Waals surface area (Å²) in [7, 11) is -3.41. The minimum Gasteiger partial charge on any atom is -0.363 e. The predicted octanol–water partition coefficient (Wildman–Crippen LogP) is 0.375. The average molecular weight is 313 g/mol. The zero-order chi connectivity index (χ0) is 15.5. The maximum absolute atomic E-state index is 11.9. The largest absolute Gasteiger partial charge is 0.363 e. The smallest absolute Gasteiger partial charge is 0.250 e. The molecule has 0 spiro atoms. The predicted molar refractivity (Wildman–Crippen MR) is 80.8 cm³/mol. The summed E-state index contributed by atoms with van der Waals surface area (Å²) in [5.74, 6) is -0.328. The van der Waals surface area contributed by atoms with Crippen LogP contribution in [-0.4, -0.2) is 45.9 Å². The first-order valence-corrected chi connectivity index (χ1v) is 8.38. The van der Waals surface area contributed by atoms with Gasteiger partial charge in [-0.1, -0.05) is 12.1 Å². The number of sulfonamides is 1. The minimum atomic E-state index is -3.41. The summed E-state index contributed by atoms with van der Waals surface area (Å²) >= 11 is 0. The SMILES string of the molecule is CC1(OCC(=O)Nc2ccccc2NS(C)(=O)=O)CNC1. The molecule has 0 atom stereocenters. The van der Waals surface area contributed by atoms with E-state index in [4.69, 9.17) is 4.74 Å². The van der Waals surface area contributed by atoms with Crippen molar-refractivity contribution in [3.8, 4) is 0 Å². The Morgan fingerprint density at radius 3 is 2.48 bits per heavy atom. The first-order chi connectivity index (χ1) is 9.77. The summed E-state index contributed by atoms with van der Waals surface area (Å²) in [5, 5.41) is 5.72. The number of para-hydroxylation sites is 2. The Hall–Kier alpha value is -1.64. The number of benzene rings is 1. The van der Waals surface area contributed by atoms with E-state index < -0.39 is 10.0 Å². The van der Waals surface area contributed by atoms with Crippen molar-refractivity contribution >= 4 is 27.3 Å². The van der Waals surface area contributed by atoms with Crippen molar-refractivity contribution in [2.45, 2.75) is 12.5 Å². The van der Waals surface area contributed by atoms with Crippen molar-refractivity contribution < 1.29 is 17.9 Å². The van der Waals surface area contributed by atoms with Gasteiger partial charge in [0.15, 0.2) is 0 Å². The standard InChI is InChI=1S/C13H19N3O4S/c1-13(8-14-9-13)20-7-12(17)15-10-5-3-4-6-11(10)16-21(2,18)19/h3-6,14,16H,7-9H2,1-2H3,(H,15,17). The topological polar surface area (TPSA) is 96.5 Å². The Kier molecular flexibility index (Phi) is 4.50. The van der Waals surface area contributed by atoms with E-state index in [-0.39, 0.29) is 18.1 Å². The fourth-order valence-corrected chi connectivity index (χ4v) is 2.46. The molecule has 7 nitrogen and oxygen atoms in total. The van der Waals surface area contributed by atoms with Gasteiger partial charge in [-0.3, -0.25) is 9.52 Å². The summed E-state index contributed by atoms with van der Waals surface area (Å²) in [6.45, 7) is 3.28. The van der Waals surface area contributed by atoms with Gasteiger partial charge in [0.2, 0.25) is 15.9 Å². The molecule has 0 aliphatic carbocycles. The number of carbonyl (C=O) groups is 1. The average Bonchev–Trinajstić information content (AvgIpc) is 2.35. The first kappa shape index (κ1) is 15.7. The molecule has 116 valence electrons. The Morgan fingerprint density at radius 1 is 1.33 bits per heavy atom. The van der Waals surface area contributed by atoms with Crippen LogP contribution in [0.2, 0.25) is 0 Å². The molecule has 1 amide bonds. The number of nitrogens with one attached hydrogen (secondary N) is 3. The zero-order valence-corrected chi connectivity index (χ0v) is 12.8. The number of hydrogen-bond acceptors (Lipinski definition) is 5. The molecular weight excluding hydrogens is 294 g/mol. The summed E-state index contributed by atoms with van der Waals surface area (Å²) < 4.78 is 30.5. The normalized spacial score (nSPS) is 16.9. The summed E-state index contributed by atoms with van der Waals surface area (Å²) in [5.41, 5.74) is 0.417. The lowest BCUT2D eigenvalue weighted by Gasteiger charge is -2.38. The highest BCUT2D eigenvalue weighted by molar-refractivity contribution is 7.92. The molecule has 2 rings (SSSR count). The molecule has 21 heavy (non-hydrogen) atoms. The lowest BCUT2D eigenvalue weighted by atomic mass is 10.0. The van der Waals surface area contributed by atoms with Crippen LogP contribution in [0.3, 0.4) is 0 Å². The second kappa shape index (κ2) is 6.00. The van der Waals surface area contributed by atoms with E-state index in [1.54, 1.807) is 24.3 Å². The maximum atomic E-state index is 11.9. The van der Waals surface area contributed by atoms with E-state index in [0.29, 0.717) is 24.5 Å². The van der Waals surface area contributed by atoms with Gasteiger partial charge in [0, 0.05) is 13.1 Å². The molecule has 1 fully saturated rings. The van der Waals surface area contributed by atoms with E-state index >= 15 is 0 Å². The van der Waals surface area contributed by atoms with Gasteiger partial charge in [0.05, 0.1) is 23.2 Å². The number of carbonyl (C=O) groups excluding carboxylic acids is 1. The second-order valence-electron chi connectivity index (χ2n) is 5.31. The van der Waals surface area contributed by atoms with Crippen molar-refractivity contribution in [1.29, 1.82) is 0 Å². The molecule has 8 heteroatoms. The van der Waals surface area contributed by atoms with Crippen LogP contribution in [0.5, 0.6) is 0 Å². The fourth-order valence-electron chi connectivity index (χ4n) is 1.89. The number of anilines is 2. The van der Waals surface area contributed by atoms with Crippen molar-refractivity contribution in [2.24, 2.45) is 0 Å². The number of ether oxygens (including phenoxy) is 1. The van der Waals surface area contributed by atoms with Gasteiger partial charge in [-0.2, -0.15) is 0 Å². The van der Waals surface area contributed by atoms with Gasteiger partial charge in [-0.25, -0.2) is 8.42 Å². The van der Waals surface area contributed by atoms with Crippen LogP contribution in [0, 0.1) is 0 Å². The van der Waals surface area contributed by atoms with Gasteiger partial charge in [-0.15, -0.1) is 0 Å². The van der Waals surface area contributed by atoms with Crippen molar-refractivity contribution in [1.82, 2.24) is 5.32 Å². The molecule has 1 aliphatic heterocycles. The number of hydrogen-bond donors (Lipinski definition) is 3. The van der Waals surface area contributed by atoms with E-state index in [1.807, 2.05) is 6.92 Å². The highest BCUT2D eigenvalue weighted by Crippen LogP contribution is 2.22.